The molecule has 0 radical (unpaired) electrons. The van der Waals surface area contributed by atoms with E-state index in [1.165, 1.54) is 0 Å². The summed E-state index contributed by atoms with van der Waals surface area (Å²) in [6.45, 7) is 2.34. The van der Waals surface area contributed by atoms with Crippen LogP contribution in [0.3, 0.4) is 0 Å². The average molecular weight is 619 g/mol. The molecule has 2 bridgehead atoms. The van der Waals surface area contributed by atoms with Crippen molar-refractivity contribution in [3.8, 4) is 0 Å². The van der Waals surface area contributed by atoms with Crippen molar-refractivity contribution < 1.29 is 24.2 Å². The van der Waals surface area contributed by atoms with Crippen molar-refractivity contribution in [3.05, 3.63) is 59.1 Å². The highest BCUT2D eigenvalue weighted by molar-refractivity contribution is 9.09. The fourth-order valence-corrected chi connectivity index (χ4v) is 7.66. The van der Waals surface area contributed by atoms with Gasteiger partial charge in [-0.3, -0.25) is 14.4 Å². The number of hydrogen-bond acceptors (Lipinski definition) is 5. The number of halogens is 2. The number of nitrogens with zero attached hydrogens (tertiary/aromatic N) is 1. The van der Waals surface area contributed by atoms with E-state index in [1.54, 1.807) is 23.1 Å². The van der Waals surface area contributed by atoms with Crippen LogP contribution in [0.2, 0.25) is 5.02 Å². The summed E-state index contributed by atoms with van der Waals surface area (Å²) >= 11 is 10.1. The zero-order valence-electron chi connectivity index (χ0n) is 21.7. The highest BCUT2D eigenvalue weighted by Crippen LogP contribution is 2.60. The first-order valence-electron chi connectivity index (χ1n) is 13.4. The van der Waals surface area contributed by atoms with Crippen molar-refractivity contribution in [3.63, 3.8) is 0 Å². The number of alkyl halides is 1. The number of fused-ring (bicyclic) bond motifs is 1. The van der Waals surface area contributed by atoms with E-state index in [2.05, 4.69) is 26.6 Å². The third-order valence-electron chi connectivity index (χ3n) is 8.16. The lowest BCUT2D eigenvalue weighted by atomic mass is 9.70. The van der Waals surface area contributed by atoms with Crippen molar-refractivity contribution in [2.24, 2.45) is 11.8 Å². The molecule has 3 amide bonds. The molecule has 3 aliphatic heterocycles. The van der Waals surface area contributed by atoms with Crippen LogP contribution in [0.1, 0.15) is 37.7 Å². The number of ether oxygens (including phenoxy) is 1. The number of nitrogens with one attached hydrogen (secondary N) is 2. The minimum Gasteiger partial charge on any atom is -0.396 e. The summed E-state index contributed by atoms with van der Waals surface area (Å²) < 4.78 is 6.55. The summed E-state index contributed by atoms with van der Waals surface area (Å²) in [5, 5.41) is 15.5. The van der Waals surface area contributed by atoms with E-state index in [-0.39, 0.29) is 29.2 Å². The lowest BCUT2D eigenvalue weighted by molar-refractivity contribution is -0.139. The highest BCUT2D eigenvalue weighted by atomic mass is 79.9. The number of carbonyl (C=O) groups excluding carboxylic acids is 3. The number of carbonyl (C=O) groups is 3. The molecule has 6 atom stereocenters. The zero-order valence-corrected chi connectivity index (χ0v) is 24.1. The van der Waals surface area contributed by atoms with Gasteiger partial charge in [0.1, 0.15) is 11.6 Å². The molecule has 2 aromatic rings. The van der Waals surface area contributed by atoms with Gasteiger partial charge in [-0.25, -0.2) is 0 Å². The van der Waals surface area contributed by atoms with Crippen LogP contribution in [-0.4, -0.2) is 63.5 Å². The summed E-state index contributed by atoms with van der Waals surface area (Å²) in [6.07, 6.45) is 2.89. The molecule has 3 saturated heterocycles. The number of aryl methyl sites for hydroxylation is 1. The van der Waals surface area contributed by atoms with Crippen LogP contribution in [0.5, 0.6) is 0 Å². The van der Waals surface area contributed by atoms with Crippen molar-refractivity contribution in [1.82, 2.24) is 4.90 Å². The van der Waals surface area contributed by atoms with Crippen LogP contribution >= 0.6 is 27.5 Å². The second kappa shape index (κ2) is 11.6. The monoisotopic (exact) mass is 617 g/mol. The number of para-hydroxylation sites is 2. The fourth-order valence-electron chi connectivity index (χ4n) is 6.45. The first kappa shape index (κ1) is 28.1. The van der Waals surface area contributed by atoms with Gasteiger partial charge in [0.2, 0.25) is 17.7 Å². The molecule has 2 aromatic carbocycles. The molecule has 208 valence electrons. The van der Waals surface area contributed by atoms with Crippen LogP contribution in [-0.2, 0) is 19.1 Å². The molecule has 1 spiro atoms. The molecule has 10 heteroatoms. The Morgan fingerprint density at radius 3 is 2.54 bits per heavy atom. The maximum absolute atomic E-state index is 14.1. The number of aliphatic hydroxyl groups is 1. The number of aliphatic hydroxyl groups excluding tert-OH is 1. The fraction of sp³-hybridized carbons (Fsp3) is 0.483. The normalized spacial score (nSPS) is 29.0. The molecular weight excluding hydrogens is 586 g/mol. The van der Waals surface area contributed by atoms with E-state index >= 15 is 0 Å². The molecular formula is C29H33BrClN3O5. The zero-order chi connectivity index (χ0) is 27.7. The third-order valence-corrected chi connectivity index (χ3v) is 9.32. The lowest BCUT2D eigenvalue weighted by Crippen LogP contribution is -2.54. The molecule has 39 heavy (non-hydrogen) atoms. The second-order valence-electron chi connectivity index (χ2n) is 10.6. The Balaban J connectivity index is 1.47. The Morgan fingerprint density at radius 2 is 1.82 bits per heavy atom. The van der Waals surface area contributed by atoms with Gasteiger partial charge in [0.15, 0.2) is 0 Å². The number of rotatable bonds is 10. The highest BCUT2D eigenvalue weighted by Gasteiger charge is 2.76. The molecule has 5 rings (SSSR count). The smallest absolute Gasteiger partial charge is 0.250 e. The van der Waals surface area contributed by atoms with E-state index in [0.29, 0.717) is 42.2 Å². The quantitative estimate of drug-likeness (QED) is 0.268. The molecule has 0 aromatic heterocycles. The van der Waals surface area contributed by atoms with Crippen molar-refractivity contribution in [2.75, 3.05) is 23.8 Å². The largest absolute Gasteiger partial charge is 0.396 e. The summed E-state index contributed by atoms with van der Waals surface area (Å²) in [4.78, 5) is 43.1. The number of likely N-dealkylation sites (tertiary alicyclic amines) is 1. The van der Waals surface area contributed by atoms with Gasteiger partial charge in [0.05, 0.1) is 28.6 Å². The molecule has 3 unspecified atom stereocenters. The van der Waals surface area contributed by atoms with Crippen LogP contribution in [0.4, 0.5) is 11.4 Å². The van der Waals surface area contributed by atoms with Gasteiger partial charge < -0.3 is 25.4 Å². The van der Waals surface area contributed by atoms with E-state index in [9.17, 15) is 14.4 Å². The molecule has 0 saturated carbocycles. The Bertz CT molecular complexity index is 1230. The van der Waals surface area contributed by atoms with Gasteiger partial charge in [0, 0.05) is 23.7 Å². The molecule has 3 heterocycles. The lowest BCUT2D eigenvalue weighted by Gasteiger charge is -2.34. The predicted octanol–water partition coefficient (Wildman–Crippen LogP) is 4.53. The van der Waals surface area contributed by atoms with Crippen molar-refractivity contribution in [1.29, 1.82) is 0 Å². The van der Waals surface area contributed by atoms with Gasteiger partial charge in [-0.05, 0) is 49.9 Å². The van der Waals surface area contributed by atoms with Crippen molar-refractivity contribution in [2.45, 2.75) is 61.6 Å². The van der Waals surface area contributed by atoms with E-state index in [0.717, 1.165) is 18.4 Å². The van der Waals surface area contributed by atoms with Gasteiger partial charge in [0.25, 0.3) is 0 Å². The van der Waals surface area contributed by atoms with E-state index < -0.39 is 29.6 Å². The second-order valence-corrected chi connectivity index (χ2v) is 12.2. The van der Waals surface area contributed by atoms with Crippen LogP contribution < -0.4 is 10.6 Å². The van der Waals surface area contributed by atoms with Crippen molar-refractivity contribution >= 4 is 56.6 Å². The molecule has 0 aliphatic carbocycles. The SMILES string of the molecule is Cc1cccc(Cl)c1NC(=O)C1N(CCCCCCO)C(=O)[C@@H]2[C@@H](C(=O)Nc3ccccc3)[C@@H]3OC12CC3Br. The molecule has 8 nitrogen and oxygen atoms in total. The van der Waals surface area contributed by atoms with Gasteiger partial charge >= 0.3 is 0 Å². The molecule has 3 N–H and O–H groups in total. The van der Waals surface area contributed by atoms with Gasteiger partial charge in [-0.1, -0.05) is 70.7 Å². The number of unbranched alkanes of at least 4 members (excludes halogenated alkanes) is 3. The number of amides is 3. The number of hydrogen-bond donors (Lipinski definition) is 3. The maximum Gasteiger partial charge on any atom is 0.250 e. The third kappa shape index (κ3) is 5.10. The topological polar surface area (TPSA) is 108 Å². The van der Waals surface area contributed by atoms with Gasteiger partial charge in [-0.15, -0.1) is 0 Å². The first-order chi connectivity index (χ1) is 18.8. The Morgan fingerprint density at radius 1 is 1.08 bits per heavy atom. The standard InChI is InChI=1S/C29H33BrClN3O5/c1-17-10-9-13-20(31)23(17)33-27(37)25-29-16-19(30)24(39-29)21(26(36)32-18-11-5-4-6-12-18)22(29)28(38)34(25)14-7-2-3-8-15-35/h4-6,9-13,19,21-22,24-25,35H,2-3,7-8,14-16H2,1H3,(H,32,36)(H,33,37)/t19?,21-,22+,24-,25?,29?/m1/s1. The Labute approximate surface area is 241 Å². The molecule has 3 fully saturated rings. The first-order valence-corrected chi connectivity index (χ1v) is 14.7. The van der Waals surface area contributed by atoms with E-state index in [1.807, 2.05) is 37.3 Å². The van der Waals surface area contributed by atoms with E-state index in [4.69, 9.17) is 21.4 Å². The van der Waals surface area contributed by atoms with Gasteiger partial charge in [-0.2, -0.15) is 0 Å². The van der Waals surface area contributed by atoms with Crippen LogP contribution in [0.25, 0.3) is 0 Å². The van der Waals surface area contributed by atoms with Crippen LogP contribution in [0, 0.1) is 18.8 Å². The summed E-state index contributed by atoms with van der Waals surface area (Å²) in [5.74, 6) is -2.42. The average Bonchev–Trinajstić information content (AvgIpc) is 3.50. The summed E-state index contributed by atoms with van der Waals surface area (Å²) in [5.41, 5.74) is 0.805. The minimum atomic E-state index is -1.14. The van der Waals surface area contributed by atoms with Crippen LogP contribution in [0.15, 0.2) is 48.5 Å². The number of anilines is 2. The maximum atomic E-state index is 14.1. The Hall–Kier alpha value is -2.46. The Kier molecular flexibility index (Phi) is 8.33. The molecule has 3 aliphatic rings. The summed E-state index contributed by atoms with van der Waals surface area (Å²) in [7, 11) is 0. The predicted molar refractivity (Wildman–Crippen MR) is 153 cm³/mol. The number of benzene rings is 2. The summed E-state index contributed by atoms with van der Waals surface area (Å²) in [6, 6.07) is 13.6. The minimum absolute atomic E-state index is 0.121.